The van der Waals surface area contributed by atoms with Crippen LogP contribution in [0.4, 0.5) is 18.9 Å². The summed E-state index contributed by atoms with van der Waals surface area (Å²) < 4.78 is 66.2. The first-order valence-corrected chi connectivity index (χ1v) is 9.46. The average molecular weight is 521 g/mol. The van der Waals surface area contributed by atoms with Gasteiger partial charge >= 0.3 is 6.18 Å². The van der Waals surface area contributed by atoms with Gasteiger partial charge in [0.05, 0.1) is 21.2 Å². The third-order valence-corrected chi connectivity index (χ3v) is 5.28. The third-order valence-electron chi connectivity index (χ3n) is 3.00. The molecule has 0 spiro atoms. The van der Waals surface area contributed by atoms with Gasteiger partial charge in [-0.05, 0) is 46.9 Å². The summed E-state index contributed by atoms with van der Waals surface area (Å²) in [5, 5.41) is -0.643. The summed E-state index contributed by atoms with van der Waals surface area (Å²) in [4.78, 5) is 14.8. The second kappa shape index (κ2) is 7.54. The highest BCUT2D eigenvalue weighted by molar-refractivity contribution is 14.1. The molecule has 2 aromatic rings. The van der Waals surface area contributed by atoms with Gasteiger partial charge in [-0.3, -0.25) is 14.9 Å². The summed E-state index contributed by atoms with van der Waals surface area (Å²) in [6, 6.07) is 3.40. The van der Waals surface area contributed by atoms with Crippen molar-refractivity contribution in [2.24, 2.45) is 5.84 Å². The van der Waals surface area contributed by atoms with Crippen molar-refractivity contribution in [3.05, 3.63) is 50.3 Å². The molecule has 1 heterocycles. The molecule has 0 saturated heterocycles. The molecule has 0 aliphatic heterocycles. The van der Waals surface area contributed by atoms with Crippen molar-refractivity contribution in [3.63, 3.8) is 0 Å². The Morgan fingerprint density at radius 2 is 1.92 bits per heavy atom. The van der Waals surface area contributed by atoms with Crippen molar-refractivity contribution in [1.82, 2.24) is 10.4 Å². The fourth-order valence-electron chi connectivity index (χ4n) is 1.86. The Balaban J connectivity index is 2.51. The lowest BCUT2D eigenvalue weighted by atomic mass is 10.2. The maximum Gasteiger partial charge on any atom is 0.417 e. The number of anilines is 1. The fourth-order valence-corrected chi connectivity index (χ4v) is 3.62. The summed E-state index contributed by atoms with van der Waals surface area (Å²) in [6.07, 6.45) is -3.55. The zero-order valence-corrected chi connectivity index (χ0v) is 16.2. The number of benzene rings is 1. The minimum Gasteiger partial charge on any atom is -0.289 e. The Hall–Kier alpha value is -1.64. The number of amides is 1. The van der Waals surface area contributed by atoms with E-state index in [-0.39, 0.29) is 11.4 Å². The van der Waals surface area contributed by atoms with Crippen molar-refractivity contribution in [2.75, 3.05) is 4.72 Å². The number of aromatic nitrogens is 1. The summed E-state index contributed by atoms with van der Waals surface area (Å²) in [7, 11) is -4.47. The van der Waals surface area contributed by atoms with Crippen LogP contribution in [0.25, 0.3) is 0 Å². The van der Waals surface area contributed by atoms with Gasteiger partial charge in [0.2, 0.25) is 0 Å². The molecule has 1 amide bonds. The van der Waals surface area contributed by atoms with E-state index in [1.54, 1.807) is 5.43 Å². The molecule has 13 heteroatoms. The number of alkyl halides is 3. The molecule has 7 nitrogen and oxygen atoms in total. The monoisotopic (exact) mass is 520 g/mol. The molecule has 0 unspecified atom stereocenters. The predicted octanol–water partition coefficient (Wildman–Crippen LogP) is 2.76. The summed E-state index contributed by atoms with van der Waals surface area (Å²) in [6.45, 7) is 0. The van der Waals surface area contributed by atoms with Crippen molar-refractivity contribution in [2.45, 2.75) is 11.1 Å². The molecule has 0 aliphatic carbocycles. The summed E-state index contributed by atoms with van der Waals surface area (Å²) in [5.41, 5.74) is -0.0975. The number of nitrogens with one attached hydrogen (secondary N) is 2. The lowest BCUT2D eigenvalue weighted by Gasteiger charge is -2.14. The summed E-state index contributed by atoms with van der Waals surface area (Å²) in [5.74, 6) is 4.13. The lowest BCUT2D eigenvalue weighted by molar-refractivity contribution is -0.137. The van der Waals surface area contributed by atoms with Gasteiger partial charge in [0, 0.05) is 9.77 Å². The highest BCUT2D eigenvalue weighted by atomic mass is 127. The molecule has 0 saturated carbocycles. The van der Waals surface area contributed by atoms with Crippen LogP contribution < -0.4 is 16.0 Å². The molecule has 0 atom stereocenters. The number of carbonyl (C=O) groups excluding carboxylic acids is 1. The fraction of sp³-hybridized carbons (Fsp3) is 0.0769. The van der Waals surface area contributed by atoms with E-state index < -0.39 is 37.6 Å². The topological polar surface area (TPSA) is 114 Å². The molecule has 0 aliphatic rings. The number of nitrogens with two attached hydrogens (primary N) is 1. The van der Waals surface area contributed by atoms with Gasteiger partial charge in [0.15, 0.2) is 5.69 Å². The zero-order valence-electron chi connectivity index (χ0n) is 12.4. The van der Waals surface area contributed by atoms with Crippen LogP contribution in [-0.4, -0.2) is 19.3 Å². The smallest absolute Gasteiger partial charge is 0.289 e. The number of hydrogen-bond donors (Lipinski definition) is 3. The number of hydrazine groups is 1. The second-order valence-corrected chi connectivity index (χ2v) is 8.10. The lowest BCUT2D eigenvalue weighted by Crippen LogP contribution is -2.32. The number of pyridine rings is 1. The van der Waals surface area contributed by atoms with Crippen LogP contribution >= 0.6 is 34.2 Å². The Bertz CT molecular complexity index is 970. The zero-order chi connectivity index (χ0) is 19.7. The molecule has 1 aromatic carbocycles. The molecule has 0 fully saturated rings. The van der Waals surface area contributed by atoms with E-state index in [0.717, 1.165) is 12.1 Å². The first-order valence-electron chi connectivity index (χ1n) is 6.52. The Labute approximate surface area is 164 Å². The number of nitrogens with zero attached hydrogens (tertiary/aromatic N) is 1. The normalized spacial score (nSPS) is 11.9. The van der Waals surface area contributed by atoms with E-state index in [1.165, 1.54) is 12.3 Å². The first kappa shape index (κ1) is 20.7. The van der Waals surface area contributed by atoms with Crippen molar-refractivity contribution < 1.29 is 26.4 Å². The predicted molar refractivity (Wildman–Crippen MR) is 95.9 cm³/mol. The van der Waals surface area contributed by atoms with Crippen LogP contribution in [-0.2, 0) is 16.2 Å². The molecule has 0 radical (unpaired) electrons. The number of rotatable bonds is 4. The van der Waals surface area contributed by atoms with E-state index in [9.17, 15) is 26.4 Å². The van der Waals surface area contributed by atoms with Crippen LogP contribution in [0, 0.1) is 3.57 Å². The maximum atomic E-state index is 12.9. The molecular formula is C13H9ClF3IN4O3S. The number of carbonyl (C=O) groups is 1. The largest absolute Gasteiger partial charge is 0.417 e. The second-order valence-electron chi connectivity index (χ2n) is 4.77. The minimum absolute atomic E-state index is 0.247. The average Bonchev–Trinajstić information content (AvgIpc) is 2.53. The number of halogens is 5. The Kier molecular flexibility index (Phi) is 5.99. The highest BCUT2D eigenvalue weighted by Crippen LogP contribution is 2.36. The van der Waals surface area contributed by atoms with Gasteiger partial charge in [-0.1, -0.05) is 11.6 Å². The van der Waals surface area contributed by atoms with Gasteiger partial charge in [0.1, 0.15) is 0 Å². The van der Waals surface area contributed by atoms with Crippen LogP contribution in [0.2, 0.25) is 5.02 Å². The van der Waals surface area contributed by atoms with Crippen LogP contribution in [0.5, 0.6) is 0 Å². The minimum atomic E-state index is -4.84. The number of sulfonamides is 1. The highest BCUT2D eigenvalue weighted by Gasteiger charge is 2.34. The quantitative estimate of drug-likeness (QED) is 0.248. The molecule has 4 N–H and O–H groups in total. The number of hydrogen-bond acceptors (Lipinski definition) is 5. The first-order chi connectivity index (χ1) is 12.0. The van der Waals surface area contributed by atoms with Crippen LogP contribution in [0.1, 0.15) is 16.1 Å². The standard InChI is InChI=1S/C13H9ClF3IN4O3S/c14-9-2-1-7(4-8(9)13(15,16)17)26(24,25)22-10-3-6(18)5-20-11(10)12(23)21-19/h1-5,22H,19H2,(H,21,23). The molecule has 0 bridgehead atoms. The van der Waals surface area contributed by atoms with E-state index >= 15 is 0 Å². The molecule has 26 heavy (non-hydrogen) atoms. The van der Waals surface area contributed by atoms with Crippen molar-refractivity contribution in [1.29, 1.82) is 0 Å². The van der Waals surface area contributed by atoms with Crippen molar-refractivity contribution >= 4 is 55.8 Å². The molecule has 1 aromatic heterocycles. The van der Waals surface area contributed by atoms with Gasteiger partial charge in [-0.2, -0.15) is 13.2 Å². The molecule has 140 valence electrons. The third kappa shape index (κ3) is 4.55. The number of nitrogen functional groups attached to an aromatic ring is 1. The molecular weight excluding hydrogens is 512 g/mol. The van der Waals surface area contributed by atoms with E-state index in [1.807, 2.05) is 27.3 Å². The van der Waals surface area contributed by atoms with Crippen molar-refractivity contribution in [3.8, 4) is 0 Å². The Morgan fingerprint density at radius 3 is 2.50 bits per heavy atom. The van der Waals surface area contributed by atoms with Crippen LogP contribution in [0.15, 0.2) is 35.4 Å². The maximum absolute atomic E-state index is 12.9. The van der Waals surface area contributed by atoms with E-state index in [0.29, 0.717) is 9.64 Å². The van der Waals surface area contributed by atoms with Gasteiger partial charge < -0.3 is 0 Å². The Morgan fingerprint density at radius 1 is 1.27 bits per heavy atom. The van der Waals surface area contributed by atoms with Gasteiger partial charge in [0.25, 0.3) is 15.9 Å². The van der Waals surface area contributed by atoms with E-state index in [2.05, 4.69) is 4.98 Å². The van der Waals surface area contributed by atoms with Gasteiger partial charge in [-0.25, -0.2) is 19.2 Å². The summed E-state index contributed by atoms with van der Waals surface area (Å²) >= 11 is 7.30. The van der Waals surface area contributed by atoms with Crippen LogP contribution in [0.3, 0.4) is 0 Å². The van der Waals surface area contributed by atoms with E-state index in [4.69, 9.17) is 17.4 Å². The SMILES string of the molecule is NNC(=O)c1ncc(I)cc1NS(=O)(=O)c1ccc(Cl)c(C(F)(F)F)c1. The molecule has 2 rings (SSSR count). The van der Waals surface area contributed by atoms with Gasteiger partial charge in [-0.15, -0.1) is 0 Å².